The van der Waals surface area contributed by atoms with Crippen molar-refractivity contribution in [2.75, 3.05) is 13.1 Å². The Morgan fingerprint density at radius 1 is 1.15 bits per heavy atom. The number of ether oxygens (including phenoxy) is 1. The molecule has 3 atom stereocenters. The molecule has 5 heteroatoms. The van der Waals surface area contributed by atoms with E-state index in [1.54, 1.807) is 4.90 Å². The van der Waals surface area contributed by atoms with Gasteiger partial charge in [-0.05, 0) is 58.3 Å². The van der Waals surface area contributed by atoms with Crippen LogP contribution < -0.4 is 0 Å². The standard InChI is InChI=1S/C15H25NO4/c1-15(2,3)20-14(19)16-7-6-10-8-11(13(17)18)4-5-12(10)9-16/h10-12H,4-9H2,1-3H3,(H,17,18)/t10-,11+,12+/m0/s1. The Morgan fingerprint density at radius 2 is 1.85 bits per heavy atom. The number of hydrogen-bond acceptors (Lipinski definition) is 3. The number of aliphatic carboxylic acids is 1. The third-order valence-electron chi connectivity index (χ3n) is 4.37. The molecule has 1 saturated heterocycles. The summed E-state index contributed by atoms with van der Waals surface area (Å²) in [6.45, 7) is 7.01. The van der Waals surface area contributed by atoms with Crippen LogP contribution >= 0.6 is 0 Å². The maximum absolute atomic E-state index is 12.1. The summed E-state index contributed by atoms with van der Waals surface area (Å²) in [5, 5.41) is 9.11. The molecule has 0 spiro atoms. The molecule has 5 nitrogen and oxygen atoms in total. The first kappa shape index (κ1) is 15.1. The van der Waals surface area contributed by atoms with Crippen molar-refractivity contribution >= 4 is 12.1 Å². The van der Waals surface area contributed by atoms with Crippen LogP contribution in [-0.4, -0.2) is 40.8 Å². The number of carboxylic acids is 1. The van der Waals surface area contributed by atoms with Gasteiger partial charge in [0.2, 0.25) is 0 Å². The summed E-state index contributed by atoms with van der Waals surface area (Å²) >= 11 is 0. The Kier molecular flexibility index (Phi) is 4.25. The SMILES string of the molecule is CC(C)(C)OC(=O)N1CC[C@H]2C[C@H](C(=O)O)CC[C@@H]2C1. The number of nitrogens with zero attached hydrogens (tertiary/aromatic N) is 1. The van der Waals surface area contributed by atoms with Gasteiger partial charge < -0.3 is 14.7 Å². The van der Waals surface area contributed by atoms with Gasteiger partial charge in [0.25, 0.3) is 0 Å². The highest BCUT2D eigenvalue weighted by Gasteiger charge is 2.39. The van der Waals surface area contributed by atoms with E-state index in [2.05, 4.69) is 0 Å². The molecule has 20 heavy (non-hydrogen) atoms. The Bertz CT molecular complexity index is 388. The van der Waals surface area contributed by atoms with Crippen LogP contribution in [0, 0.1) is 17.8 Å². The Morgan fingerprint density at radius 3 is 2.45 bits per heavy atom. The van der Waals surface area contributed by atoms with Crippen LogP contribution in [0.2, 0.25) is 0 Å². The highest BCUT2D eigenvalue weighted by Crippen LogP contribution is 2.39. The number of fused-ring (bicyclic) bond motifs is 1. The molecule has 1 aliphatic carbocycles. The lowest BCUT2D eigenvalue weighted by Gasteiger charge is -2.42. The molecule has 2 fully saturated rings. The van der Waals surface area contributed by atoms with E-state index in [0.717, 1.165) is 25.7 Å². The van der Waals surface area contributed by atoms with Crippen molar-refractivity contribution in [1.29, 1.82) is 0 Å². The number of hydrogen-bond donors (Lipinski definition) is 1. The van der Waals surface area contributed by atoms with Gasteiger partial charge in [0.1, 0.15) is 5.60 Å². The molecule has 0 unspecified atom stereocenters. The summed E-state index contributed by atoms with van der Waals surface area (Å²) in [6.07, 6.45) is 3.06. The maximum atomic E-state index is 12.1. The third kappa shape index (κ3) is 3.64. The number of amides is 1. The molecular formula is C15H25NO4. The topological polar surface area (TPSA) is 66.8 Å². The van der Waals surface area contributed by atoms with E-state index in [0.29, 0.717) is 24.9 Å². The Balaban J connectivity index is 1.90. The number of likely N-dealkylation sites (tertiary alicyclic amines) is 1. The zero-order valence-corrected chi connectivity index (χ0v) is 12.6. The summed E-state index contributed by atoms with van der Waals surface area (Å²) in [6, 6.07) is 0. The van der Waals surface area contributed by atoms with E-state index in [1.807, 2.05) is 20.8 Å². The minimum Gasteiger partial charge on any atom is -0.481 e. The van der Waals surface area contributed by atoms with Crippen LogP contribution in [0.15, 0.2) is 0 Å². The minimum atomic E-state index is -0.668. The van der Waals surface area contributed by atoms with Gasteiger partial charge >= 0.3 is 12.1 Å². The van der Waals surface area contributed by atoms with E-state index in [1.165, 1.54) is 0 Å². The van der Waals surface area contributed by atoms with Gasteiger partial charge in [-0.15, -0.1) is 0 Å². The van der Waals surface area contributed by atoms with Crippen LogP contribution in [0.3, 0.4) is 0 Å². The second kappa shape index (κ2) is 5.62. The first-order chi connectivity index (χ1) is 9.26. The van der Waals surface area contributed by atoms with Gasteiger partial charge in [0.15, 0.2) is 0 Å². The number of piperidine rings is 1. The first-order valence-electron chi connectivity index (χ1n) is 7.47. The molecule has 1 saturated carbocycles. The van der Waals surface area contributed by atoms with Crippen LogP contribution in [0.5, 0.6) is 0 Å². The fourth-order valence-corrected chi connectivity index (χ4v) is 3.33. The van der Waals surface area contributed by atoms with Crippen molar-refractivity contribution in [2.45, 2.75) is 52.1 Å². The second-order valence-corrected chi connectivity index (χ2v) is 7.08. The highest BCUT2D eigenvalue weighted by atomic mass is 16.6. The fraction of sp³-hybridized carbons (Fsp3) is 0.867. The van der Waals surface area contributed by atoms with Crippen LogP contribution in [0.25, 0.3) is 0 Å². The minimum absolute atomic E-state index is 0.190. The van der Waals surface area contributed by atoms with Crippen LogP contribution in [0.4, 0.5) is 4.79 Å². The van der Waals surface area contributed by atoms with Crippen molar-refractivity contribution in [2.24, 2.45) is 17.8 Å². The lowest BCUT2D eigenvalue weighted by molar-refractivity contribution is -0.144. The van der Waals surface area contributed by atoms with Gasteiger partial charge in [-0.1, -0.05) is 0 Å². The number of carboxylic acid groups (broad SMARTS) is 1. The highest BCUT2D eigenvalue weighted by molar-refractivity contribution is 5.70. The van der Waals surface area contributed by atoms with Gasteiger partial charge in [0.05, 0.1) is 5.92 Å². The summed E-state index contributed by atoms with van der Waals surface area (Å²) in [5.74, 6) is 0.0257. The number of carbonyl (C=O) groups excluding carboxylic acids is 1. The predicted octanol–water partition coefficient (Wildman–Crippen LogP) is 2.74. The van der Waals surface area contributed by atoms with E-state index < -0.39 is 11.6 Å². The maximum Gasteiger partial charge on any atom is 0.410 e. The average Bonchev–Trinajstić information content (AvgIpc) is 2.35. The quantitative estimate of drug-likeness (QED) is 0.803. The summed E-state index contributed by atoms with van der Waals surface area (Å²) in [4.78, 5) is 24.9. The fourth-order valence-electron chi connectivity index (χ4n) is 3.33. The lowest BCUT2D eigenvalue weighted by Crippen LogP contribution is -2.47. The molecule has 2 aliphatic rings. The predicted molar refractivity (Wildman–Crippen MR) is 74.4 cm³/mol. The number of rotatable bonds is 1. The molecule has 1 amide bonds. The second-order valence-electron chi connectivity index (χ2n) is 7.08. The Hall–Kier alpha value is -1.26. The average molecular weight is 283 g/mol. The zero-order valence-electron chi connectivity index (χ0n) is 12.6. The normalized spacial score (nSPS) is 30.6. The lowest BCUT2D eigenvalue weighted by atomic mass is 9.71. The number of carbonyl (C=O) groups is 2. The van der Waals surface area contributed by atoms with Crippen LogP contribution in [-0.2, 0) is 9.53 Å². The van der Waals surface area contributed by atoms with E-state index in [9.17, 15) is 9.59 Å². The van der Waals surface area contributed by atoms with E-state index in [-0.39, 0.29) is 12.0 Å². The zero-order chi connectivity index (χ0) is 14.9. The molecule has 0 aromatic carbocycles. The van der Waals surface area contributed by atoms with Crippen molar-refractivity contribution in [3.8, 4) is 0 Å². The molecule has 0 radical (unpaired) electrons. The van der Waals surface area contributed by atoms with Crippen molar-refractivity contribution in [3.05, 3.63) is 0 Å². The van der Waals surface area contributed by atoms with Gasteiger partial charge in [-0.2, -0.15) is 0 Å². The summed E-state index contributed by atoms with van der Waals surface area (Å²) < 4.78 is 5.41. The van der Waals surface area contributed by atoms with Crippen LogP contribution in [0.1, 0.15) is 46.5 Å². The monoisotopic (exact) mass is 283 g/mol. The Labute approximate surface area is 120 Å². The first-order valence-corrected chi connectivity index (χ1v) is 7.47. The molecule has 1 aliphatic heterocycles. The summed E-state index contributed by atoms with van der Waals surface area (Å²) in [7, 11) is 0. The van der Waals surface area contributed by atoms with Gasteiger partial charge in [-0.25, -0.2) is 4.79 Å². The summed E-state index contributed by atoms with van der Waals surface area (Å²) in [5.41, 5.74) is -0.463. The molecule has 114 valence electrons. The van der Waals surface area contributed by atoms with E-state index in [4.69, 9.17) is 9.84 Å². The van der Waals surface area contributed by atoms with Crippen molar-refractivity contribution < 1.29 is 19.4 Å². The molecule has 2 rings (SSSR count). The molecule has 1 heterocycles. The van der Waals surface area contributed by atoms with Crippen molar-refractivity contribution in [1.82, 2.24) is 4.90 Å². The van der Waals surface area contributed by atoms with E-state index >= 15 is 0 Å². The smallest absolute Gasteiger partial charge is 0.410 e. The van der Waals surface area contributed by atoms with Crippen molar-refractivity contribution in [3.63, 3.8) is 0 Å². The van der Waals surface area contributed by atoms with Gasteiger partial charge in [-0.3, -0.25) is 4.79 Å². The molecule has 0 bridgehead atoms. The molecule has 0 aromatic heterocycles. The molecular weight excluding hydrogens is 258 g/mol. The largest absolute Gasteiger partial charge is 0.481 e. The third-order valence-corrected chi connectivity index (χ3v) is 4.37. The molecule has 1 N–H and O–H groups in total. The molecule has 0 aromatic rings. The van der Waals surface area contributed by atoms with Gasteiger partial charge in [0, 0.05) is 13.1 Å².